The first kappa shape index (κ1) is 16.5. The van der Waals surface area contributed by atoms with Crippen LogP contribution in [-0.2, 0) is 0 Å². The van der Waals surface area contributed by atoms with Crippen LogP contribution in [0.3, 0.4) is 0 Å². The Balaban J connectivity index is 2.20. The molecule has 2 aromatic rings. The monoisotopic (exact) mass is 343 g/mol. The molecule has 1 aromatic carbocycles. The Morgan fingerprint density at radius 2 is 2.05 bits per heavy atom. The summed E-state index contributed by atoms with van der Waals surface area (Å²) in [6.07, 6.45) is 0.981. The Labute approximate surface area is 140 Å². The molecule has 0 bridgehead atoms. The minimum absolute atomic E-state index is 0.0629. The predicted molar refractivity (Wildman–Crippen MR) is 93.3 cm³/mol. The summed E-state index contributed by atoms with van der Waals surface area (Å²) in [4.78, 5) is 0. The zero-order chi connectivity index (χ0) is 15.4. The van der Waals surface area contributed by atoms with E-state index in [9.17, 15) is 0 Å². The molecule has 1 heterocycles. The molecule has 0 spiro atoms. The van der Waals surface area contributed by atoms with Crippen LogP contribution in [0.5, 0.6) is 5.75 Å². The molecule has 5 heteroatoms. The number of rotatable bonds is 6. The molecule has 1 N–H and O–H groups in total. The Hall–Kier alpha value is -0.900. The van der Waals surface area contributed by atoms with Gasteiger partial charge in [0.05, 0.1) is 27.0 Å². The van der Waals surface area contributed by atoms with Gasteiger partial charge in [-0.1, -0.05) is 36.2 Å². The van der Waals surface area contributed by atoms with Crippen molar-refractivity contribution in [1.82, 2.24) is 0 Å². The maximum Gasteiger partial charge on any atom is 0.142 e. The standard InChI is InChI=1S/C16H19Cl2NOS/c1-4-7-20-14-8-10(2)5-6-13(14)19-11(3)12-9-15(17)21-16(12)18/h5-6,8-9,11,19H,4,7H2,1-3H3. The molecule has 2 nitrogen and oxygen atoms in total. The number of hydrogen-bond acceptors (Lipinski definition) is 3. The van der Waals surface area contributed by atoms with Crippen LogP contribution in [0, 0.1) is 6.92 Å². The van der Waals surface area contributed by atoms with Crippen LogP contribution >= 0.6 is 34.5 Å². The Morgan fingerprint density at radius 1 is 1.29 bits per heavy atom. The van der Waals surface area contributed by atoms with Gasteiger partial charge in [-0.15, -0.1) is 11.3 Å². The molecule has 0 aliphatic rings. The molecule has 0 fully saturated rings. The lowest BCUT2D eigenvalue weighted by molar-refractivity contribution is 0.318. The largest absolute Gasteiger partial charge is 0.491 e. The summed E-state index contributed by atoms with van der Waals surface area (Å²) in [5, 5.41) is 3.46. The predicted octanol–water partition coefficient (Wildman–Crippen LogP) is 6.33. The van der Waals surface area contributed by atoms with Crippen molar-refractivity contribution < 1.29 is 4.74 Å². The van der Waals surface area contributed by atoms with Crippen molar-refractivity contribution >= 4 is 40.2 Å². The molecule has 0 radical (unpaired) electrons. The van der Waals surface area contributed by atoms with Gasteiger partial charge in [-0.05, 0) is 44.0 Å². The number of ether oxygens (including phenoxy) is 1. The van der Waals surface area contributed by atoms with Crippen molar-refractivity contribution in [2.24, 2.45) is 0 Å². The number of halogens is 2. The highest BCUT2D eigenvalue weighted by Crippen LogP contribution is 2.37. The number of anilines is 1. The summed E-state index contributed by atoms with van der Waals surface area (Å²) in [6, 6.07) is 8.13. The van der Waals surface area contributed by atoms with Gasteiger partial charge in [0.2, 0.25) is 0 Å². The second-order valence-electron chi connectivity index (χ2n) is 4.99. The molecule has 1 atom stereocenters. The van der Waals surface area contributed by atoms with E-state index in [4.69, 9.17) is 27.9 Å². The lowest BCUT2D eigenvalue weighted by Crippen LogP contribution is -2.08. The van der Waals surface area contributed by atoms with Crippen molar-refractivity contribution in [1.29, 1.82) is 0 Å². The van der Waals surface area contributed by atoms with Crippen molar-refractivity contribution in [2.75, 3.05) is 11.9 Å². The first-order chi connectivity index (χ1) is 10.0. The number of aryl methyl sites for hydroxylation is 1. The molecular weight excluding hydrogens is 325 g/mol. The summed E-state index contributed by atoms with van der Waals surface area (Å²) >= 11 is 13.6. The second-order valence-corrected chi connectivity index (χ2v) is 7.28. The van der Waals surface area contributed by atoms with Gasteiger partial charge in [0, 0.05) is 5.56 Å². The third-order valence-corrected chi connectivity index (χ3v) is 4.64. The fourth-order valence-electron chi connectivity index (χ4n) is 2.04. The van der Waals surface area contributed by atoms with E-state index in [1.807, 2.05) is 18.2 Å². The van der Waals surface area contributed by atoms with E-state index < -0.39 is 0 Å². The van der Waals surface area contributed by atoms with E-state index in [1.54, 1.807) is 0 Å². The van der Waals surface area contributed by atoms with Gasteiger partial charge in [-0.25, -0.2) is 0 Å². The third kappa shape index (κ3) is 4.29. The van der Waals surface area contributed by atoms with E-state index in [1.165, 1.54) is 16.9 Å². The number of hydrogen-bond donors (Lipinski definition) is 1. The lowest BCUT2D eigenvalue weighted by Gasteiger charge is -2.18. The maximum atomic E-state index is 6.22. The zero-order valence-corrected chi connectivity index (χ0v) is 14.7. The normalized spacial score (nSPS) is 12.2. The molecule has 0 saturated carbocycles. The quantitative estimate of drug-likeness (QED) is 0.661. The van der Waals surface area contributed by atoms with Crippen LogP contribution in [0.2, 0.25) is 8.67 Å². The van der Waals surface area contributed by atoms with Crippen molar-refractivity contribution in [3.63, 3.8) is 0 Å². The van der Waals surface area contributed by atoms with Gasteiger partial charge in [0.1, 0.15) is 5.75 Å². The van der Waals surface area contributed by atoms with Gasteiger partial charge in [0.15, 0.2) is 0 Å². The van der Waals surface area contributed by atoms with Crippen molar-refractivity contribution in [2.45, 2.75) is 33.2 Å². The van der Waals surface area contributed by atoms with E-state index >= 15 is 0 Å². The third-order valence-electron chi connectivity index (χ3n) is 3.12. The highest BCUT2D eigenvalue weighted by molar-refractivity contribution is 7.20. The summed E-state index contributed by atoms with van der Waals surface area (Å²) < 4.78 is 7.25. The Bertz CT molecular complexity index is 612. The van der Waals surface area contributed by atoms with Gasteiger partial charge in [-0.3, -0.25) is 0 Å². The fourth-order valence-corrected chi connectivity index (χ4v) is 3.69. The van der Waals surface area contributed by atoms with E-state index in [0.717, 1.165) is 27.8 Å². The van der Waals surface area contributed by atoms with Gasteiger partial charge in [-0.2, -0.15) is 0 Å². The van der Waals surface area contributed by atoms with E-state index in [0.29, 0.717) is 10.9 Å². The molecule has 0 aliphatic carbocycles. The highest BCUT2D eigenvalue weighted by Gasteiger charge is 2.15. The van der Waals surface area contributed by atoms with E-state index in [2.05, 4.69) is 32.2 Å². The summed E-state index contributed by atoms with van der Waals surface area (Å²) in [5.74, 6) is 0.876. The molecule has 0 amide bonds. The first-order valence-electron chi connectivity index (χ1n) is 6.96. The lowest BCUT2D eigenvalue weighted by atomic mass is 10.1. The molecule has 2 rings (SSSR count). The average molecular weight is 344 g/mol. The average Bonchev–Trinajstić information content (AvgIpc) is 2.78. The van der Waals surface area contributed by atoms with Gasteiger partial charge in [0.25, 0.3) is 0 Å². The number of benzene rings is 1. The second kappa shape index (κ2) is 7.39. The molecule has 114 valence electrons. The topological polar surface area (TPSA) is 21.3 Å². The number of nitrogens with one attached hydrogen (secondary N) is 1. The SMILES string of the molecule is CCCOc1cc(C)ccc1NC(C)c1cc(Cl)sc1Cl. The summed E-state index contributed by atoms with van der Waals surface area (Å²) in [5.41, 5.74) is 3.16. The summed E-state index contributed by atoms with van der Waals surface area (Å²) in [7, 11) is 0. The van der Waals surface area contributed by atoms with E-state index in [-0.39, 0.29) is 6.04 Å². The molecule has 0 aliphatic heterocycles. The Kier molecular flexibility index (Phi) is 5.80. The fraction of sp³-hybridized carbons (Fsp3) is 0.375. The molecule has 21 heavy (non-hydrogen) atoms. The van der Waals surface area contributed by atoms with Crippen LogP contribution in [-0.4, -0.2) is 6.61 Å². The van der Waals surface area contributed by atoms with Gasteiger partial charge < -0.3 is 10.1 Å². The van der Waals surface area contributed by atoms with Crippen LogP contribution in [0.1, 0.15) is 37.4 Å². The maximum absolute atomic E-state index is 6.22. The molecular formula is C16H19Cl2NOS. The first-order valence-corrected chi connectivity index (χ1v) is 8.53. The number of thiophene rings is 1. The van der Waals surface area contributed by atoms with Crippen LogP contribution < -0.4 is 10.1 Å². The van der Waals surface area contributed by atoms with Crippen LogP contribution in [0.25, 0.3) is 0 Å². The summed E-state index contributed by atoms with van der Waals surface area (Å²) in [6.45, 7) is 6.92. The zero-order valence-electron chi connectivity index (χ0n) is 12.4. The highest BCUT2D eigenvalue weighted by atomic mass is 35.5. The molecule has 0 saturated heterocycles. The minimum Gasteiger partial charge on any atom is -0.491 e. The minimum atomic E-state index is 0.0629. The smallest absolute Gasteiger partial charge is 0.142 e. The van der Waals surface area contributed by atoms with Gasteiger partial charge >= 0.3 is 0 Å². The van der Waals surface area contributed by atoms with Crippen LogP contribution in [0.4, 0.5) is 5.69 Å². The molecule has 1 unspecified atom stereocenters. The molecule has 1 aromatic heterocycles. The Morgan fingerprint density at radius 3 is 2.67 bits per heavy atom. The van der Waals surface area contributed by atoms with Crippen molar-refractivity contribution in [3.05, 3.63) is 44.1 Å². The van der Waals surface area contributed by atoms with Crippen molar-refractivity contribution in [3.8, 4) is 5.75 Å². The van der Waals surface area contributed by atoms with Crippen LogP contribution in [0.15, 0.2) is 24.3 Å².